The van der Waals surface area contributed by atoms with E-state index in [0.717, 1.165) is 38.7 Å². The fraction of sp³-hybridized carbons (Fsp3) is 0.0571. The second kappa shape index (κ2) is 7.71. The molecule has 1 aliphatic carbocycles. The van der Waals surface area contributed by atoms with Crippen LogP contribution in [0.25, 0.3) is 50.2 Å². The summed E-state index contributed by atoms with van der Waals surface area (Å²) in [5.74, 6) is 0.176. The number of aromatic nitrogens is 1. The Morgan fingerprint density at radius 1 is 0.667 bits per heavy atom. The van der Waals surface area contributed by atoms with Crippen molar-refractivity contribution in [3.63, 3.8) is 0 Å². The van der Waals surface area contributed by atoms with E-state index in [4.69, 9.17) is 13.8 Å². The molecule has 9 rings (SSSR count). The zero-order valence-electron chi connectivity index (χ0n) is 20.9. The Bertz CT molecular complexity index is 2100. The summed E-state index contributed by atoms with van der Waals surface area (Å²) in [5.41, 5.74) is 10.7. The smallest absolute Gasteiger partial charge is 0.303 e. The third kappa shape index (κ3) is 2.91. The lowest BCUT2D eigenvalue weighted by atomic mass is 9.81. The van der Waals surface area contributed by atoms with Crippen LogP contribution in [0.3, 0.4) is 0 Å². The van der Waals surface area contributed by atoms with Gasteiger partial charge in [-0.15, -0.1) is 0 Å². The Labute approximate surface area is 224 Å². The zero-order valence-corrected chi connectivity index (χ0v) is 20.9. The van der Waals surface area contributed by atoms with Crippen LogP contribution in [0.1, 0.15) is 22.6 Å². The van der Waals surface area contributed by atoms with Crippen LogP contribution >= 0.6 is 0 Å². The first-order valence-electron chi connectivity index (χ1n) is 13.3. The molecule has 2 unspecified atom stereocenters. The Hall–Kier alpha value is -5.09. The van der Waals surface area contributed by atoms with Gasteiger partial charge in [0.05, 0.1) is 17.1 Å². The van der Waals surface area contributed by atoms with Gasteiger partial charge < -0.3 is 8.83 Å². The van der Waals surface area contributed by atoms with E-state index in [-0.39, 0.29) is 12.0 Å². The molecule has 2 aliphatic rings. The lowest BCUT2D eigenvalue weighted by molar-refractivity contribution is 0.575. The summed E-state index contributed by atoms with van der Waals surface area (Å²) in [6.45, 7) is 0. The number of rotatable bonds is 2. The number of fused-ring (bicyclic) bond motifs is 10. The van der Waals surface area contributed by atoms with Crippen LogP contribution in [-0.2, 0) is 0 Å². The standard InChI is InChI=1S/C35H22N2O2/c1-2-8-21(9-3-1)23-15-17-28-26(20-23)32-24-11-5-4-10-22(24)14-18-29(32)37(28)35-36-27-16-19-31-33(34(27)39-35)25-12-6-7-13-30(25)38-31/h1-20,29,32H. The first-order valence-corrected chi connectivity index (χ1v) is 13.3. The molecule has 1 aliphatic heterocycles. The fourth-order valence-corrected chi connectivity index (χ4v) is 6.54. The number of para-hydroxylation sites is 1. The topological polar surface area (TPSA) is 42.4 Å². The molecule has 0 saturated heterocycles. The predicted molar refractivity (Wildman–Crippen MR) is 156 cm³/mol. The molecule has 39 heavy (non-hydrogen) atoms. The molecule has 4 heteroatoms. The summed E-state index contributed by atoms with van der Waals surface area (Å²) >= 11 is 0. The minimum atomic E-state index is 0.0607. The van der Waals surface area contributed by atoms with Crippen molar-refractivity contribution < 1.29 is 8.83 Å². The van der Waals surface area contributed by atoms with E-state index in [2.05, 4.69) is 95.9 Å². The third-order valence-electron chi connectivity index (χ3n) is 8.26. The fourth-order valence-electron chi connectivity index (χ4n) is 6.54. The van der Waals surface area contributed by atoms with Crippen molar-refractivity contribution in [2.75, 3.05) is 4.90 Å². The van der Waals surface area contributed by atoms with Gasteiger partial charge in [0.15, 0.2) is 5.58 Å². The van der Waals surface area contributed by atoms with Crippen molar-refractivity contribution >= 4 is 50.8 Å². The van der Waals surface area contributed by atoms with E-state index >= 15 is 0 Å². The second-order valence-corrected chi connectivity index (χ2v) is 10.3. The van der Waals surface area contributed by atoms with Gasteiger partial charge in [0.2, 0.25) is 0 Å². The molecule has 0 radical (unpaired) electrons. The van der Waals surface area contributed by atoms with Gasteiger partial charge in [-0.05, 0) is 58.1 Å². The van der Waals surface area contributed by atoms with Gasteiger partial charge in [0, 0.05) is 11.3 Å². The summed E-state index contributed by atoms with van der Waals surface area (Å²) in [6, 6.07) is 38.8. The van der Waals surface area contributed by atoms with Gasteiger partial charge in [-0.25, -0.2) is 0 Å². The molecule has 5 aromatic carbocycles. The number of hydrogen-bond donors (Lipinski definition) is 0. The van der Waals surface area contributed by atoms with Crippen LogP contribution in [0.15, 0.2) is 124 Å². The Morgan fingerprint density at radius 2 is 1.51 bits per heavy atom. The highest BCUT2D eigenvalue weighted by atomic mass is 16.4. The van der Waals surface area contributed by atoms with Gasteiger partial charge in [0.1, 0.15) is 16.7 Å². The SMILES string of the molecule is C1=CC2C(c3ccccc31)c1cc(-c3ccccc3)ccc1N2c1nc2ccc3oc4ccccc4c3c2o1. The summed E-state index contributed by atoms with van der Waals surface area (Å²) in [4.78, 5) is 7.31. The zero-order chi connectivity index (χ0) is 25.5. The maximum absolute atomic E-state index is 6.66. The number of benzene rings is 5. The summed E-state index contributed by atoms with van der Waals surface area (Å²) in [7, 11) is 0. The van der Waals surface area contributed by atoms with E-state index in [9.17, 15) is 0 Å². The van der Waals surface area contributed by atoms with Crippen molar-refractivity contribution in [1.29, 1.82) is 0 Å². The number of anilines is 2. The maximum Gasteiger partial charge on any atom is 0.303 e. The van der Waals surface area contributed by atoms with Crippen LogP contribution in [0.5, 0.6) is 0 Å². The van der Waals surface area contributed by atoms with Gasteiger partial charge in [-0.2, -0.15) is 4.98 Å². The minimum absolute atomic E-state index is 0.0607. The van der Waals surface area contributed by atoms with E-state index in [0.29, 0.717) is 6.01 Å². The predicted octanol–water partition coefficient (Wildman–Crippen LogP) is 9.07. The average Bonchev–Trinajstić information content (AvgIpc) is 3.68. The highest BCUT2D eigenvalue weighted by Gasteiger charge is 2.43. The van der Waals surface area contributed by atoms with Crippen molar-refractivity contribution in [2.24, 2.45) is 0 Å². The van der Waals surface area contributed by atoms with Crippen molar-refractivity contribution in [2.45, 2.75) is 12.0 Å². The minimum Gasteiger partial charge on any atom is -0.456 e. The van der Waals surface area contributed by atoms with Crippen molar-refractivity contribution in [1.82, 2.24) is 4.98 Å². The molecule has 184 valence electrons. The monoisotopic (exact) mass is 502 g/mol. The lowest BCUT2D eigenvalue weighted by Crippen LogP contribution is -2.30. The van der Waals surface area contributed by atoms with Crippen molar-refractivity contribution in [3.8, 4) is 11.1 Å². The second-order valence-electron chi connectivity index (χ2n) is 10.3. The van der Waals surface area contributed by atoms with Crippen molar-refractivity contribution in [3.05, 3.63) is 132 Å². The van der Waals surface area contributed by atoms with Gasteiger partial charge in [0.25, 0.3) is 0 Å². The molecule has 3 heterocycles. The average molecular weight is 503 g/mol. The van der Waals surface area contributed by atoms with Gasteiger partial charge in [-0.3, -0.25) is 4.90 Å². The van der Waals surface area contributed by atoms with Crippen LogP contribution in [0.2, 0.25) is 0 Å². The third-order valence-corrected chi connectivity index (χ3v) is 8.26. The molecule has 4 nitrogen and oxygen atoms in total. The number of hydrogen-bond acceptors (Lipinski definition) is 4. The van der Waals surface area contributed by atoms with Gasteiger partial charge in [-0.1, -0.05) is 91.0 Å². The van der Waals surface area contributed by atoms with Crippen LogP contribution in [0.4, 0.5) is 11.7 Å². The Kier molecular flexibility index (Phi) is 4.14. The largest absolute Gasteiger partial charge is 0.456 e. The highest BCUT2D eigenvalue weighted by Crippen LogP contribution is 2.52. The molecular weight excluding hydrogens is 480 g/mol. The van der Waals surface area contributed by atoms with Crippen LogP contribution < -0.4 is 4.90 Å². The molecule has 2 aromatic heterocycles. The molecule has 0 saturated carbocycles. The molecule has 0 N–H and O–H groups in total. The van der Waals surface area contributed by atoms with E-state index < -0.39 is 0 Å². The number of oxazole rings is 1. The molecule has 0 fully saturated rings. The Balaban J connectivity index is 1.28. The molecule has 0 bridgehead atoms. The number of nitrogens with zero attached hydrogens (tertiary/aromatic N) is 2. The first-order chi connectivity index (χ1) is 19.3. The molecule has 7 aromatic rings. The summed E-state index contributed by atoms with van der Waals surface area (Å²) in [5, 5.41) is 2.02. The molecule has 0 spiro atoms. The quantitative estimate of drug-likeness (QED) is 0.236. The van der Waals surface area contributed by atoms with Crippen LogP contribution in [-0.4, -0.2) is 11.0 Å². The molecule has 2 atom stereocenters. The summed E-state index contributed by atoms with van der Waals surface area (Å²) in [6.07, 6.45) is 4.53. The molecular formula is C35H22N2O2. The summed E-state index contributed by atoms with van der Waals surface area (Å²) < 4.78 is 12.8. The van der Waals surface area contributed by atoms with E-state index in [1.807, 2.05) is 30.3 Å². The van der Waals surface area contributed by atoms with E-state index in [1.54, 1.807) is 0 Å². The Morgan fingerprint density at radius 3 is 2.46 bits per heavy atom. The maximum atomic E-state index is 6.66. The molecule has 0 amide bonds. The van der Waals surface area contributed by atoms with Gasteiger partial charge >= 0.3 is 6.01 Å². The first kappa shape index (κ1) is 20.9. The highest BCUT2D eigenvalue weighted by molar-refractivity contribution is 6.16. The normalized spacial score (nSPS) is 17.6. The number of furan rings is 1. The van der Waals surface area contributed by atoms with Crippen LogP contribution in [0, 0.1) is 0 Å². The lowest BCUT2D eigenvalue weighted by Gasteiger charge is -2.28. The van der Waals surface area contributed by atoms with E-state index in [1.165, 1.54) is 27.8 Å².